The second-order valence-corrected chi connectivity index (χ2v) is 5.68. The summed E-state index contributed by atoms with van der Waals surface area (Å²) in [6, 6.07) is 4.50. The zero-order chi connectivity index (χ0) is 15.0. The van der Waals surface area contributed by atoms with Gasteiger partial charge in [0.1, 0.15) is 17.2 Å². The first kappa shape index (κ1) is 13.9. The lowest BCUT2D eigenvalue weighted by Crippen LogP contribution is -2.24. The van der Waals surface area contributed by atoms with Crippen molar-refractivity contribution in [2.45, 2.75) is 26.3 Å². The average molecular weight is 287 g/mol. The number of fused-ring (bicyclic) bond motifs is 1. The number of allylic oxidation sites excluding steroid dienone is 1. The number of amides is 1. The number of furan rings is 1. The van der Waals surface area contributed by atoms with Gasteiger partial charge in [-0.25, -0.2) is 4.39 Å². The second-order valence-electron chi connectivity index (χ2n) is 5.68. The maximum absolute atomic E-state index is 13.2. The molecule has 21 heavy (non-hydrogen) atoms. The van der Waals surface area contributed by atoms with Crippen LogP contribution in [0.15, 0.2) is 34.8 Å². The molecule has 0 bridgehead atoms. The monoisotopic (exact) mass is 287 g/mol. The highest BCUT2D eigenvalue weighted by molar-refractivity contribution is 5.87. The van der Waals surface area contributed by atoms with E-state index in [9.17, 15) is 9.18 Å². The summed E-state index contributed by atoms with van der Waals surface area (Å²) in [5, 5.41) is 0.890. The van der Waals surface area contributed by atoms with E-state index in [2.05, 4.69) is 0 Å². The third-order valence-corrected chi connectivity index (χ3v) is 3.89. The van der Waals surface area contributed by atoms with Crippen LogP contribution in [0.1, 0.15) is 24.2 Å². The first-order valence-electron chi connectivity index (χ1n) is 7.15. The van der Waals surface area contributed by atoms with Gasteiger partial charge >= 0.3 is 0 Å². The van der Waals surface area contributed by atoms with Gasteiger partial charge in [0.2, 0.25) is 5.91 Å². The zero-order valence-electron chi connectivity index (χ0n) is 12.2. The van der Waals surface area contributed by atoms with E-state index in [0.717, 1.165) is 10.9 Å². The van der Waals surface area contributed by atoms with E-state index in [4.69, 9.17) is 4.42 Å². The number of halogens is 1. The van der Waals surface area contributed by atoms with Crippen LogP contribution >= 0.6 is 0 Å². The van der Waals surface area contributed by atoms with Crippen LogP contribution in [0.25, 0.3) is 11.0 Å². The van der Waals surface area contributed by atoms with E-state index < -0.39 is 0 Å². The van der Waals surface area contributed by atoms with Gasteiger partial charge in [-0.1, -0.05) is 6.08 Å². The predicted octanol–water partition coefficient (Wildman–Crippen LogP) is 3.80. The SMILES string of the molecule is Cc1c(CN(C)C(=O)/C=C/C2CC2)oc2cc(F)ccc12. The molecule has 4 heteroatoms. The molecule has 2 aromatic rings. The van der Waals surface area contributed by atoms with E-state index in [1.165, 1.54) is 25.0 Å². The summed E-state index contributed by atoms with van der Waals surface area (Å²) < 4.78 is 18.9. The van der Waals surface area contributed by atoms with Gasteiger partial charge in [0.05, 0.1) is 6.54 Å². The largest absolute Gasteiger partial charge is 0.459 e. The van der Waals surface area contributed by atoms with Gasteiger partial charge in [-0.3, -0.25) is 4.79 Å². The highest BCUT2D eigenvalue weighted by atomic mass is 19.1. The predicted molar refractivity (Wildman–Crippen MR) is 79.2 cm³/mol. The summed E-state index contributed by atoms with van der Waals surface area (Å²) in [5.74, 6) is 0.928. The minimum absolute atomic E-state index is 0.0343. The number of likely N-dealkylation sites (N-methyl/N-ethyl adjacent to an activating group) is 1. The van der Waals surface area contributed by atoms with Crippen LogP contribution in [0, 0.1) is 18.7 Å². The Morgan fingerprint density at radius 3 is 2.95 bits per heavy atom. The quantitative estimate of drug-likeness (QED) is 0.801. The summed E-state index contributed by atoms with van der Waals surface area (Å²) in [4.78, 5) is 13.6. The highest BCUT2D eigenvalue weighted by Gasteiger charge is 2.19. The van der Waals surface area contributed by atoms with Crippen molar-refractivity contribution < 1.29 is 13.6 Å². The van der Waals surface area contributed by atoms with Crippen LogP contribution in [0.3, 0.4) is 0 Å². The number of aryl methyl sites for hydroxylation is 1. The summed E-state index contributed by atoms with van der Waals surface area (Å²) in [5.41, 5.74) is 1.48. The van der Waals surface area contributed by atoms with Crippen LogP contribution in [-0.4, -0.2) is 17.9 Å². The van der Waals surface area contributed by atoms with Crippen molar-refractivity contribution in [2.75, 3.05) is 7.05 Å². The highest BCUT2D eigenvalue weighted by Crippen LogP contribution is 2.30. The first-order valence-corrected chi connectivity index (χ1v) is 7.15. The third kappa shape index (κ3) is 2.99. The molecular weight excluding hydrogens is 269 g/mol. The minimum atomic E-state index is -0.320. The van der Waals surface area contributed by atoms with Crippen LogP contribution in [0.5, 0.6) is 0 Å². The minimum Gasteiger partial charge on any atom is -0.459 e. The summed E-state index contributed by atoms with van der Waals surface area (Å²) in [6.07, 6.45) is 5.97. The smallest absolute Gasteiger partial charge is 0.246 e. The molecule has 110 valence electrons. The molecule has 1 saturated carbocycles. The fourth-order valence-electron chi connectivity index (χ4n) is 2.33. The standard InChI is InChI=1S/C17H18FNO2/c1-11-14-7-6-13(18)9-15(14)21-16(11)10-19(2)17(20)8-5-12-3-4-12/h5-9,12H,3-4,10H2,1-2H3/b8-5+. The normalized spacial score (nSPS) is 15.0. The number of hydrogen-bond donors (Lipinski definition) is 0. The summed E-state index contributed by atoms with van der Waals surface area (Å²) in [6.45, 7) is 2.31. The maximum atomic E-state index is 13.2. The van der Waals surface area contributed by atoms with E-state index in [1.807, 2.05) is 13.0 Å². The Hall–Kier alpha value is -2.10. The number of hydrogen-bond acceptors (Lipinski definition) is 2. The molecule has 1 aliphatic carbocycles. The molecule has 1 aliphatic rings. The van der Waals surface area contributed by atoms with Crippen molar-refractivity contribution in [1.29, 1.82) is 0 Å². The van der Waals surface area contributed by atoms with Gasteiger partial charge < -0.3 is 9.32 Å². The molecule has 0 radical (unpaired) electrons. The molecule has 0 N–H and O–H groups in total. The van der Waals surface area contributed by atoms with E-state index >= 15 is 0 Å². The number of benzene rings is 1. The Kier molecular flexibility index (Phi) is 3.53. The lowest BCUT2D eigenvalue weighted by Gasteiger charge is -2.13. The Bertz CT molecular complexity index is 713. The van der Waals surface area contributed by atoms with Gasteiger partial charge in [0.25, 0.3) is 0 Å². The Morgan fingerprint density at radius 2 is 2.24 bits per heavy atom. The molecule has 0 saturated heterocycles. The van der Waals surface area contributed by atoms with Gasteiger partial charge in [-0.15, -0.1) is 0 Å². The molecule has 0 spiro atoms. The molecule has 0 atom stereocenters. The lowest BCUT2D eigenvalue weighted by molar-refractivity contribution is -0.125. The summed E-state index contributed by atoms with van der Waals surface area (Å²) in [7, 11) is 1.74. The van der Waals surface area contributed by atoms with Crippen molar-refractivity contribution >= 4 is 16.9 Å². The lowest BCUT2D eigenvalue weighted by atomic mass is 10.1. The Morgan fingerprint density at radius 1 is 1.48 bits per heavy atom. The van der Waals surface area contributed by atoms with Crippen molar-refractivity contribution in [3.8, 4) is 0 Å². The molecule has 3 rings (SSSR count). The van der Waals surface area contributed by atoms with E-state index in [0.29, 0.717) is 23.8 Å². The molecule has 3 nitrogen and oxygen atoms in total. The molecule has 1 amide bonds. The van der Waals surface area contributed by atoms with Gasteiger partial charge in [0.15, 0.2) is 0 Å². The third-order valence-electron chi connectivity index (χ3n) is 3.89. The maximum Gasteiger partial charge on any atom is 0.246 e. The molecule has 1 aromatic carbocycles. The molecular formula is C17H18FNO2. The summed E-state index contributed by atoms with van der Waals surface area (Å²) >= 11 is 0. The number of rotatable bonds is 4. The average Bonchev–Trinajstić information content (AvgIpc) is 3.23. The van der Waals surface area contributed by atoms with Gasteiger partial charge in [-0.2, -0.15) is 0 Å². The van der Waals surface area contributed by atoms with Crippen molar-refractivity contribution in [1.82, 2.24) is 4.90 Å². The van der Waals surface area contributed by atoms with Gasteiger partial charge in [-0.05, 0) is 43.9 Å². The van der Waals surface area contributed by atoms with Crippen molar-refractivity contribution in [3.63, 3.8) is 0 Å². The molecule has 0 unspecified atom stereocenters. The van der Waals surface area contributed by atoms with Crippen molar-refractivity contribution in [2.24, 2.45) is 5.92 Å². The Labute approximate surface area is 123 Å². The molecule has 1 aromatic heterocycles. The number of nitrogens with zero attached hydrogens (tertiary/aromatic N) is 1. The number of carbonyl (C=O) groups is 1. The zero-order valence-corrected chi connectivity index (χ0v) is 12.2. The van der Waals surface area contributed by atoms with Crippen LogP contribution < -0.4 is 0 Å². The van der Waals surface area contributed by atoms with E-state index in [1.54, 1.807) is 24.1 Å². The van der Waals surface area contributed by atoms with Crippen LogP contribution in [0.2, 0.25) is 0 Å². The molecule has 1 heterocycles. The van der Waals surface area contributed by atoms with Crippen LogP contribution in [0.4, 0.5) is 4.39 Å². The first-order chi connectivity index (χ1) is 10.0. The Balaban J connectivity index is 1.77. The molecule has 0 aliphatic heterocycles. The van der Waals surface area contributed by atoms with Crippen molar-refractivity contribution in [3.05, 3.63) is 47.5 Å². The number of carbonyl (C=O) groups excluding carboxylic acids is 1. The van der Waals surface area contributed by atoms with Gasteiger partial charge in [0, 0.05) is 24.1 Å². The fraction of sp³-hybridized carbons (Fsp3) is 0.353. The topological polar surface area (TPSA) is 33.5 Å². The second kappa shape index (κ2) is 5.35. The fourth-order valence-corrected chi connectivity index (χ4v) is 2.33. The molecule has 1 fully saturated rings. The van der Waals surface area contributed by atoms with E-state index in [-0.39, 0.29) is 11.7 Å². The van der Waals surface area contributed by atoms with Crippen LogP contribution in [-0.2, 0) is 11.3 Å².